The van der Waals surface area contributed by atoms with Gasteiger partial charge in [0.2, 0.25) is 0 Å². The molecule has 0 aliphatic heterocycles. The Hall–Kier alpha value is -2.89. The first-order valence-corrected chi connectivity index (χ1v) is 13.7. The van der Waals surface area contributed by atoms with Crippen LogP contribution < -0.4 is 15.9 Å². The zero-order valence-electron chi connectivity index (χ0n) is 21.8. The molecule has 0 unspecified atom stereocenters. The Morgan fingerprint density at radius 3 is 1.49 bits per heavy atom. The maximum absolute atomic E-state index is 11.2. The molecule has 0 bridgehead atoms. The standard InChI is InChI=1S/C33H37OP/c1-32(2,3)28-22-24(23-29(31(28)34)33(4,5)6)21-25-15-13-14-20-30(25)35(26-16-9-7-10-17-26)27-18-11-8-12-19-27/h7-20,22-23,34H,21H2,1-6H3. The van der Waals surface area contributed by atoms with Gasteiger partial charge in [-0.15, -0.1) is 0 Å². The Morgan fingerprint density at radius 2 is 1.03 bits per heavy atom. The van der Waals surface area contributed by atoms with E-state index in [1.807, 2.05) is 0 Å². The van der Waals surface area contributed by atoms with E-state index in [1.54, 1.807) is 0 Å². The molecule has 4 rings (SSSR count). The van der Waals surface area contributed by atoms with Gasteiger partial charge in [-0.2, -0.15) is 0 Å². The predicted octanol–water partition coefficient (Wildman–Crippen LogP) is 7.34. The molecule has 0 saturated heterocycles. The summed E-state index contributed by atoms with van der Waals surface area (Å²) in [6.07, 6.45) is 0.834. The summed E-state index contributed by atoms with van der Waals surface area (Å²) < 4.78 is 0. The van der Waals surface area contributed by atoms with Gasteiger partial charge in [0.1, 0.15) is 5.75 Å². The minimum Gasteiger partial charge on any atom is -0.507 e. The number of rotatable bonds is 5. The van der Waals surface area contributed by atoms with Crippen molar-refractivity contribution in [2.24, 2.45) is 0 Å². The molecule has 0 atom stereocenters. The number of aromatic hydroxyl groups is 1. The van der Waals surface area contributed by atoms with Gasteiger partial charge in [-0.25, -0.2) is 0 Å². The molecule has 4 aromatic carbocycles. The zero-order chi connectivity index (χ0) is 25.2. The number of phenols is 1. The molecule has 35 heavy (non-hydrogen) atoms. The minimum absolute atomic E-state index is 0.139. The van der Waals surface area contributed by atoms with E-state index >= 15 is 0 Å². The molecule has 0 radical (unpaired) electrons. The fourth-order valence-corrected chi connectivity index (χ4v) is 7.09. The van der Waals surface area contributed by atoms with Crippen LogP contribution >= 0.6 is 7.92 Å². The summed E-state index contributed by atoms with van der Waals surface area (Å²) in [6, 6.07) is 35.1. The molecular formula is C33H37OP. The lowest BCUT2D eigenvalue weighted by molar-refractivity contribution is 0.423. The van der Waals surface area contributed by atoms with E-state index in [1.165, 1.54) is 27.0 Å². The maximum Gasteiger partial charge on any atom is 0.123 e. The van der Waals surface area contributed by atoms with Crippen molar-refractivity contribution in [1.29, 1.82) is 0 Å². The lowest BCUT2D eigenvalue weighted by atomic mass is 9.78. The van der Waals surface area contributed by atoms with Gasteiger partial charge in [-0.1, -0.05) is 139 Å². The quantitative estimate of drug-likeness (QED) is 0.296. The molecule has 0 saturated carbocycles. The Kier molecular flexibility index (Phi) is 7.20. The van der Waals surface area contributed by atoms with Crippen LogP contribution in [-0.4, -0.2) is 5.11 Å². The second kappa shape index (κ2) is 10.00. The largest absolute Gasteiger partial charge is 0.507 e. The highest BCUT2D eigenvalue weighted by Crippen LogP contribution is 2.41. The number of hydrogen-bond acceptors (Lipinski definition) is 1. The van der Waals surface area contributed by atoms with Crippen molar-refractivity contribution in [3.05, 3.63) is 119 Å². The topological polar surface area (TPSA) is 20.2 Å². The Balaban J connectivity index is 1.86. The SMILES string of the molecule is CC(C)(C)c1cc(Cc2ccccc2P(c2ccccc2)c2ccccc2)cc(C(C)(C)C)c1O. The van der Waals surface area contributed by atoms with Crippen LogP contribution in [0.1, 0.15) is 63.8 Å². The van der Waals surface area contributed by atoms with Crippen molar-refractivity contribution in [2.75, 3.05) is 0 Å². The van der Waals surface area contributed by atoms with Gasteiger partial charge in [0, 0.05) is 0 Å². The number of hydrogen-bond donors (Lipinski definition) is 1. The second-order valence-electron chi connectivity index (χ2n) is 11.4. The van der Waals surface area contributed by atoms with Crippen molar-refractivity contribution in [3.63, 3.8) is 0 Å². The van der Waals surface area contributed by atoms with E-state index in [0.29, 0.717) is 5.75 Å². The van der Waals surface area contributed by atoms with E-state index in [4.69, 9.17) is 0 Å². The molecule has 1 nitrogen and oxygen atoms in total. The highest BCUT2D eigenvalue weighted by molar-refractivity contribution is 7.79. The van der Waals surface area contributed by atoms with Crippen LogP contribution in [0.4, 0.5) is 0 Å². The summed E-state index contributed by atoms with van der Waals surface area (Å²) in [4.78, 5) is 0. The van der Waals surface area contributed by atoms with E-state index in [-0.39, 0.29) is 10.8 Å². The fourth-order valence-electron chi connectivity index (χ4n) is 4.62. The molecule has 0 spiro atoms. The molecule has 0 aliphatic rings. The van der Waals surface area contributed by atoms with Gasteiger partial charge in [0.05, 0.1) is 0 Å². The average Bonchev–Trinajstić information content (AvgIpc) is 2.81. The van der Waals surface area contributed by atoms with E-state index in [0.717, 1.165) is 17.5 Å². The summed E-state index contributed by atoms with van der Waals surface area (Å²) in [6.45, 7) is 13.1. The monoisotopic (exact) mass is 480 g/mol. The highest BCUT2D eigenvalue weighted by Gasteiger charge is 2.27. The molecule has 0 amide bonds. The van der Waals surface area contributed by atoms with Crippen LogP contribution in [-0.2, 0) is 17.3 Å². The third kappa shape index (κ3) is 5.68. The van der Waals surface area contributed by atoms with Crippen LogP contribution in [0, 0.1) is 0 Å². The highest BCUT2D eigenvalue weighted by atomic mass is 31.1. The van der Waals surface area contributed by atoms with Crippen LogP contribution in [0.5, 0.6) is 5.75 Å². The molecular weight excluding hydrogens is 443 g/mol. The molecule has 0 aromatic heterocycles. The van der Waals surface area contributed by atoms with Gasteiger partial charge in [0.25, 0.3) is 0 Å². The molecule has 2 heteroatoms. The maximum atomic E-state index is 11.2. The lowest BCUT2D eigenvalue weighted by Gasteiger charge is -2.28. The van der Waals surface area contributed by atoms with E-state index in [9.17, 15) is 5.11 Å². The molecule has 0 heterocycles. The van der Waals surface area contributed by atoms with Crippen LogP contribution in [0.25, 0.3) is 0 Å². The Morgan fingerprint density at radius 1 is 0.600 bits per heavy atom. The fraction of sp³-hybridized carbons (Fsp3) is 0.273. The summed E-state index contributed by atoms with van der Waals surface area (Å²) in [5.74, 6) is 0.442. The molecule has 0 aliphatic carbocycles. The van der Waals surface area contributed by atoms with Crippen molar-refractivity contribution in [3.8, 4) is 5.75 Å². The van der Waals surface area contributed by atoms with Gasteiger partial charge >= 0.3 is 0 Å². The predicted molar refractivity (Wildman–Crippen MR) is 153 cm³/mol. The Bertz CT molecular complexity index is 1200. The summed E-state index contributed by atoms with van der Waals surface area (Å²) in [5, 5.41) is 15.3. The van der Waals surface area contributed by atoms with Crippen LogP contribution in [0.15, 0.2) is 97.1 Å². The van der Waals surface area contributed by atoms with Crippen molar-refractivity contribution >= 4 is 23.8 Å². The van der Waals surface area contributed by atoms with Crippen molar-refractivity contribution in [2.45, 2.75) is 58.8 Å². The van der Waals surface area contributed by atoms with Gasteiger partial charge < -0.3 is 5.11 Å². The zero-order valence-corrected chi connectivity index (χ0v) is 22.7. The number of benzene rings is 4. The van der Waals surface area contributed by atoms with Crippen LogP contribution in [0.2, 0.25) is 0 Å². The Labute approximate surface area is 212 Å². The molecule has 0 fully saturated rings. The van der Waals surface area contributed by atoms with Crippen molar-refractivity contribution < 1.29 is 5.11 Å². The molecule has 4 aromatic rings. The summed E-state index contributed by atoms with van der Waals surface area (Å²) in [5.41, 5.74) is 4.36. The normalized spacial score (nSPS) is 12.2. The van der Waals surface area contributed by atoms with Gasteiger partial charge in [-0.05, 0) is 63.3 Å². The van der Waals surface area contributed by atoms with Gasteiger partial charge in [-0.3, -0.25) is 0 Å². The first-order chi connectivity index (χ1) is 16.6. The van der Waals surface area contributed by atoms with E-state index < -0.39 is 7.92 Å². The second-order valence-corrected chi connectivity index (χ2v) is 13.5. The summed E-state index contributed by atoms with van der Waals surface area (Å²) in [7, 11) is -0.679. The average molecular weight is 481 g/mol. The molecule has 1 N–H and O–H groups in total. The lowest BCUT2D eigenvalue weighted by Crippen LogP contribution is -2.23. The smallest absolute Gasteiger partial charge is 0.123 e. The van der Waals surface area contributed by atoms with E-state index in [2.05, 4.69) is 139 Å². The van der Waals surface area contributed by atoms with Crippen molar-refractivity contribution in [1.82, 2.24) is 0 Å². The first-order valence-electron chi connectivity index (χ1n) is 12.4. The van der Waals surface area contributed by atoms with Gasteiger partial charge in [0.15, 0.2) is 0 Å². The first kappa shape index (κ1) is 25.2. The molecule has 180 valence electrons. The third-order valence-corrected chi connectivity index (χ3v) is 8.99. The van der Waals surface area contributed by atoms with Crippen LogP contribution in [0.3, 0.4) is 0 Å². The minimum atomic E-state index is -0.679. The third-order valence-electron chi connectivity index (χ3n) is 6.44. The summed E-state index contributed by atoms with van der Waals surface area (Å²) >= 11 is 0. The number of phenolic OH excluding ortho intramolecular Hbond substituents is 1.